The smallest absolute Gasteiger partial charge is 0.124 e. The van der Waals surface area contributed by atoms with Gasteiger partial charge < -0.3 is 14.8 Å². The first-order valence-electron chi connectivity index (χ1n) is 6.98. The van der Waals surface area contributed by atoms with Gasteiger partial charge in [0.1, 0.15) is 11.9 Å². The van der Waals surface area contributed by atoms with Crippen LogP contribution < -0.4 is 10.1 Å². The molecule has 1 saturated heterocycles. The van der Waals surface area contributed by atoms with Gasteiger partial charge in [-0.1, -0.05) is 28.9 Å². The second-order valence-electron chi connectivity index (χ2n) is 4.96. The first kappa shape index (κ1) is 14.8. The Hall–Kier alpha value is -0.580. The van der Waals surface area contributed by atoms with E-state index in [9.17, 15) is 0 Å². The van der Waals surface area contributed by atoms with Gasteiger partial charge in [0, 0.05) is 16.9 Å². The highest BCUT2D eigenvalue weighted by molar-refractivity contribution is 9.10. The minimum absolute atomic E-state index is 0.202. The molecule has 1 fully saturated rings. The fourth-order valence-electron chi connectivity index (χ4n) is 2.20. The lowest BCUT2D eigenvalue weighted by Crippen LogP contribution is -2.20. The van der Waals surface area contributed by atoms with E-state index in [0.717, 1.165) is 36.2 Å². The summed E-state index contributed by atoms with van der Waals surface area (Å²) in [5.74, 6) is 0.911. The molecule has 2 rings (SSSR count). The highest BCUT2D eigenvalue weighted by Gasteiger charge is 2.18. The number of hydrogen-bond donors (Lipinski definition) is 1. The summed E-state index contributed by atoms with van der Waals surface area (Å²) in [6, 6.07) is 6.57. The van der Waals surface area contributed by atoms with Gasteiger partial charge in [-0.25, -0.2) is 0 Å². The average Bonchev–Trinajstić information content (AvgIpc) is 2.89. The second-order valence-corrected chi connectivity index (χ2v) is 5.82. The highest BCUT2D eigenvalue weighted by atomic mass is 79.9. The Morgan fingerprint density at radius 3 is 3.00 bits per heavy atom. The van der Waals surface area contributed by atoms with E-state index in [1.54, 1.807) is 0 Å². The van der Waals surface area contributed by atoms with Crippen molar-refractivity contribution in [1.82, 2.24) is 5.32 Å². The molecule has 0 aliphatic carbocycles. The lowest BCUT2D eigenvalue weighted by atomic mass is 10.1. The summed E-state index contributed by atoms with van der Waals surface area (Å²) >= 11 is 3.64. The Bertz CT molecular complexity index is 405. The van der Waals surface area contributed by atoms with Crippen molar-refractivity contribution in [2.45, 2.75) is 38.8 Å². The molecular formula is C15H22BrNO2. The first-order valence-corrected chi connectivity index (χ1v) is 7.77. The van der Waals surface area contributed by atoms with E-state index in [0.29, 0.717) is 12.6 Å². The molecule has 2 atom stereocenters. The zero-order valence-electron chi connectivity index (χ0n) is 11.6. The minimum Gasteiger partial charge on any atom is -0.488 e. The summed E-state index contributed by atoms with van der Waals surface area (Å²) in [4.78, 5) is 0. The van der Waals surface area contributed by atoms with Crippen LogP contribution >= 0.6 is 15.9 Å². The van der Waals surface area contributed by atoms with Crippen LogP contribution in [0.3, 0.4) is 0 Å². The van der Waals surface area contributed by atoms with Crippen molar-refractivity contribution < 1.29 is 9.47 Å². The maximum absolute atomic E-state index is 5.90. The van der Waals surface area contributed by atoms with Gasteiger partial charge in [-0.2, -0.15) is 0 Å². The van der Waals surface area contributed by atoms with Crippen LogP contribution in [0.5, 0.6) is 5.75 Å². The van der Waals surface area contributed by atoms with Crippen molar-refractivity contribution in [1.29, 1.82) is 0 Å². The minimum atomic E-state index is 0.202. The van der Waals surface area contributed by atoms with Crippen LogP contribution in [0.4, 0.5) is 0 Å². The van der Waals surface area contributed by atoms with Crippen molar-refractivity contribution in [3.63, 3.8) is 0 Å². The van der Waals surface area contributed by atoms with Gasteiger partial charge >= 0.3 is 0 Å². The molecule has 0 bridgehead atoms. The molecule has 1 aliphatic rings. The van der Waals surface area contributed by atoms with E-state index in [-0.39, 0.29) is 6.10 Å². The van der Waals surface area contributed by atoms with E-state index in [4.69, 9.17) is 9.47 Å². The number of hydrogen-bond acceptors (Lipinski definition) is 3. The van der Waals surface area contributed by atoms with Crippen LogP contribution in [0.1, 0.15) is 38.3 Å². The Morgan fingerprint density at radius 1 is 1.53 bits per heavy atom. The zero-order chi connectivity index (χ0) is 13.7. The molecule has 1 aromatic carbocycles. The standard InChI is InChI=1S/C15H22BrNO2/c1-3-7-17-11(2)14-5-4-12(9-15(14)16)19-13-6-8-18-10-13/h4-5,9,11,13,17H,3,6-8,10H2,1-2H3. The summed E-state index contributed by atoms with van der Waals surface area (Å²) in [6.45, 7) is 6.90. The summed E-state index contributed by atoms with van der Waals surface area (Å²) in [5, 5.41) is 3.49. The van der Waals surface area contributed by atoms with Gasteiger partial charge in [0.25, 0.3) is 0 Å². The van der Waals surface area contributed by atoms with E-state index in [1.165, 1.54) is 5.56 Å². The third-order valence-corrected chi connectivity index (χ3v) is 4.02. The maximum Gasteiger partial charge on any atom is 0.124 e. The van der Waals surface area contributed by atoms with Gasteiger partial charge in [0.05, 0.1) is 13.2 Å². The number of halogens is 1. The summed E-state index contributed by atoms with van der Waals surface area (Å²) < 4.78 is 12.3. The number of rotatable bonds is 6. The summed E-state index contributed by atoms with van der Waals surface area (Å²) in [5.41, 5.74) is 1.27. The second kappa shape index (κ2) is 7.27. The molecule has 106 valence electrons. The summed E-state index contributed by atoms with van der Waals surface area (Å²) in [7, 11) is 0. The molecule has 0 radical (unpaired) electrons. The molecule has 1 aliphatic heterocycles. The van der Waals surface area contributed by atoms with E-state index < -0.39 is 0 Å². The molecule has 0 spiro atoms. The zero-order valence-corrected chi connectivity index (χ0v) is 13.2. The predicted molar refractivity (Wildman–Crippen MR) is 80.7 cm³/mol. The SMILES string of the molecule is CCCNC(C)c1ccc(OC2CCOC2)cc1Br. The molecule has 0 amide bonds. The van der Waals surface area contributed by atoms with Crippen molar-refractivity contribution >= 4 is 15.9 Å². The Labute approximate surface area is 123 Å². The Morgan fingerprint density at radius 2 is 2.37 bits per heavy atom. The monoisotopic (exact) mass is 327 g/mol. The summed E-state index contributed by atoms with van der Waals surface area (Å²) in [6.07, 6.45) is 2.33. The Balaban J connectivity index is 1.99. The van der Waals surface area contributed by atoms with Crippen molar-refractivity contribution in [3.05, 3.63) is 28.2 Å². The van der Waals surface area contributed by atoms with Crippen LogP contribution in [0.2, 0.25) is 0 Å². The maximum atomic E-state index is 5.90. The van der Waals surface area contributed by atoms with Crippen LogP contribution in [-0.2, 0) is 4.74 Å². The lowest BCUT2D eigenvalue weighted by molar-refractivity contribution is 0.141. The van der Waals surface area contributed by atoms with Crippen molar-refractivity contribution in [3.8, 4) is 5.75 Å². The van der Waals surface area contributed by atoms with Crippen molar-refractivity contribution in [2.75, 3.05) is 19.8 Å². The molecule has 0 aromatic heterocycles. The molecule has 2 unspecified atom stereocenters. The molecule has 4 heteroatoms. The van der Waals surface area contributed by atoms with Crippen LogP contribution in [-0.4, -0.2) is 25.9 Å². The van der Waals surface area contributed by atoms with Gasteiger partial charge in [-0.15, -0.1) is 0 Å². The lowest BCUT2D eigenvalue weighted by Gasteiger charge is -2.17. The quantitative estimate of drug-likeness (QED) is 0.864. The van der Waals surface area contributed by atoms with E-state index >= 15 is 0 Å². The van der Waals surface area contributed by atoms with Gasteiger partial charge in [-0.05, 0) is 37.6 Å². The topological polar surface area (TPSA) is 30.5 Å². The third kappa shape index (κ3) is 4.20. The van der Waals surface area contributed by atoms with E-state index in [2.05, 4.69) is 47.2 Å². The number of benzene rings is 1. The van der Waals surface area contributed by atoms with Gasteiger partial charge in [0.2, 0.25) is 0 Å². The van der Waals surface area contributed by atoms with Crippen LogP contribution in [0, 0.1) is 0 Å². The van der Waals surface area contributed by atoms with Crippen molar-refractivity contribution in [2.24, 2.45) is 0 Å². The molecule has 1 aromatic rings. The molecule has 0 saturated carbocycles. The van der Waals surface area contributed by atoms with Gasteiger partial charge in [-0.3, -0.25) is 0 Å². The third-order valence-electron chi connectivity index (χ3n) is 3.33. The highest BCUT2D eigenvalue weighted by Crippen LogP contribution is 2.28. The number of nitrogens with one attached hydrogen (secondary N) is 1. The van der Waals surface area contributed by atoms with E-state index in [1.807, 2.05) is 6.07 Å². The van der Waals surface area contributed by atoms with Gasteiger partial charge in [0.15, 0.2) is 0 Å². The molecule has 19 heavy (non-hydrogen) atoms. The Kier molecular flexibility index (Phi) is 5.67. The number of ether oxygens (including phenoxy) is 2. The van der Waals surface area contributed by atoms with Crippen LogP contribution in [0.25, 0.3) is 0 Å². The molecule has 1 N–H and O–H groups in total. The fraction of sp³-hybridized carbons (Fsp3) is 0.600. The molecule has 1 heterocycles. The largest absolute Gasteiger partial charge is 0.488 e. The average molecular weight is 328 g/mol. The fourth-order valence-corrected chi connectivity index (χ4v) is 2.90. The predicted octanol–water partition coefficient (Wildman–Crippen LogP) is 3.68. The van der Waals surface area contributed by atoms with Crippen LogP contribution in [0.15, 0.2) is 22.7 Å². The molecule has 3 nitrogen and oxygen atoms in total. The first-order chi connectivity index (χ1) is 9.20. The normalized spacial score (nSPS) is 20.5. The molecular weight excluding hydrogens is 306 g/mol.